The summed E-state index contributed by atoms with van der Waals surface area (Å²) >= 11 is 9.68. The van der Waals surface area contributed by atoms with Crippen LogP contribution in [0.1, 0.15) is 84.0 Å². The Bertz CT molecular complexity index is 517. The van der Waals surface area contributed by atoms with Crippen molar-refractivity contribution < 1.29 is 27.8 Å². The second kappa shape index (κ2) is 19.6. The molecule has 9 heteroatoms. The van der Waals surface area contributed by atoms with Crippen molar-refractivity contribution in [2.75, 3.05) is 54.6 Å². The lowest BCUT2D eigenvalue weighted by Gasteiger charge is -2.25. The van der Waals surface area contributed by atoms with Crippen molar-refractivity contribution in [1.29, 1.82) is 0 Å². The average molecular weight is 515 g/mol. The van der Waals surface area contributed by atoms with Crippen LogP contribution in [0.3, 0.4) is 0 Å². The maximum Gasteiger partial charge on any atom is 0.305 e. The van der Waals surface area contributed by atoms with Crippen molar-refractivity contribution in [3.05, 3.63) is 0 Å². The van der Waals surface area contributed by atoms with Gasteiger partial charge in [-0.05, 0) is 18.2 Å². The average Bonchev–Trinajstić information content (AvgIpc) is 2.71. The Kier molecular flexibility index (Phi) is 19.8. The molecule has 0 amide bonds. The number of methoxy groups -OCH3 is 1. The number of esters is 1. The minimum Gasteiger partial charge on any atom is -0.463 e. The third kappa shape index (κ3) is 22.1. The molecule has 32 heavy (non-hydrogen) atoms. The number of ether oxygens (including phenoxy) is 2. The molecule has 0 spiro atoms. The van der Waals surface area contributed by atoms with Crippen molar-refractivity contribution in [2.45, 2.75) is 90.1 Å². The highest BCUT2D eigenvalue weighted by Crippen LogP contribution is 2.53. The minimum atomic E-state index is -2.64. The first-order valence-electron chi connectivity index (χ1n) is 12.2. The molecule has 0 aliphatic carbocycles. The van der Waals surface area contributed by atoms with Gasteiger partial charge in [-0.3, -0.25) is 4.79 Å². The number of quaternary nitrogens is 1. The summed E-state index contributed by atoms with van der Waals surface area (Å²) in [4.78, 5) is 12.0. The third-order valence-electron chi connectivity index (χ3n) is 5.19. The molecule has 0 bridgehead atoms. The van der Waals surface area contributed by atoms with E-state index in [9.17, 15) is 4.79 Å². The van der Waals surface area contributed by atoms with Crippen LogP contribution < -0.4 is 0 Å². The van der Waals surface area contributed by atoms with Crippen molar-refractivity contribution >= 4 is 35.7 Å². The fraction of sp³-hybridized carbons (Fsp3) is 0.957. The molecule has 2 atom stereocenters. The maximum absolute atomic E-state index is 12.0. The summed E-state index contributed by atoms with van der Waals surface area (Å²) in [5.74, 6) is -0.188. The maximum atomic E-state index is 12.0. The molecule has 192 valence electrons. The number of nitrogens with zero attached hydrogens (tertiary/aromatic N) is 1. The second-order valence-electron chi connectivity index (χ2n) is 9.44. The van der Waals surface area contributed by atoms with Crippen LogP contribution in [-0.2, 0) is 35.1 Å². The standard InChI is InChI=1S/C23H48NO5PS2/c1-6-7-8-9-10-11-12-13-14-15-16-17-23(25)27-20-22(26-5)21-29-30(31,32)28-19-18-24(2,3)4/h22H,6-21H2,1-5H3/p+1/t22-/m1/s1. The summed E-state index contributed by atoms with van der Waals surface area (Å²) in [6.45, 7) is 3.88. The van der Waals surface area contributed by atoms with E-state index in [-0.39, 0.29) is 25.3 Å². The normalized spacial score (nSPS) is 14.8. The van der Waals surface area contributed by atoms with E-state index in [4.69, 9.17) is 30.3 Å². The van der Waals surface area contributed by atoms with Crippen LogP contribution in [0.25, 0.3) is 0 Å². The van der Waals surface area contributed by atoms with Crippen LogP contribution in [0, 0.1) is 0 Å². The van der Waals surface area contributed by atoms with Crippen molar-refractivity contribution in [3.63, 3.8) is 0 Å². The van der Waals surface area contributed by atoms with E-state index in [2.05, 4.69) is 40.3 Å². The van der Waals surface area contributed by atoms with Gasteiger partial charge in [0.1, 0.15) is 25.9 Å². The van der Waals surface area contributed by atoms with Gasteiger partial charge in [0.2, 0.25) is 5.69 Å². The molecule has 0 aromatic carbocycles. The summed E-state index contributed by atoms with van der Waals surface area (Å²) in [5.41, 5.74) is -2.64. The summed E-state index contributed by atoms with van der Waals surface area (Å²) in [6, 6.07) is 0. The molecule has 0 aromatic rings. The molecule has 0 N–H and O–H groups in total. The van der Waals surface area contributed by atoms with Gasteiger partial charge >= 0.3 is 5.97 Å². The Morgan fingerprint density at radius 3 is 1.94 bits per heavy atom. The first kappa shape index (κ1) is 32.3. The zero-order chi connectivity index (χ0) is 24.3. The molecule has 0 saturated carbocycles. The Morgan fingerprint density at radius 2 is 1.44 bits per heavy atom. The number of hydrogen-bond acceptors (Lipinski definition) is 6. The number of carbonyl (C=O) groups is 1. The summed E-state index contributed by atoms with van der Waals surface area (Å²) < 4.78 is 22.7. The van der Waals surface area contributed by atoms with E-state index >= 15 is 0 Å². The fourth-order valence-electron chi connectivity index (χ4n) is 3.02. The molecule has 6 nitrogen and oxygen atoms in total. The zero-order valence-corrected chi connectivity index (χ0v) is 23.8. The highest BCUT2D eigenvalue weighted by Gasteiger charge is 2.20. The molecule has 1 unspecified atom stereocenters. The van der Waals surface area contributed by atoms with Gasteiger partial charge in [0, 0.05) is 13.5 Å². The van der Waals surface area contributed by atoms with Gasteiger partial charge in [-0.2, -0.15) is 0 Å². The molecule has 0 aliphatic rings. The van der Waals surface area contributed by atoms with E-state index in [0.29, 0.717) is 13.0 Å². The smallest absolute Gasteiger partial charge is 0.305 e. The predicted molar refractivity (Wildman–Crippen MR) is 141 cm³/mol. The van der Waals surface area contributed by atoms with Crippen LogP contribution in [0.15, 0.2) is 0 Å². The van der Waals surface area contributed by atoms with Gasteiger partial charge in [0.15, 0.2) is 0 Å². The third-order valence-corrected chi connectivity index (χ3v) is 7.50. The fourth-order valence-corrected chi connectivity index (χ4v) is 4.61. The van der Waals surface area contributed by atoms with Gasteiger partial charge in [-0.1, -0.05) is 83.4 Å². The van der Waals surface area contributed by atoms with Crippen molar-refractivity contribution in [3.8, 4) is 0 Å². The van der Waals surface area contributed by atoms with Gasteiger partial charge in [-0.15, -0.1) is 0 Å². The monoisotopic (exact) mass is 514 g/mol. The molecule has 0 fully saturated rings. The van der Waals surface area contributed by atoms with E-state index < -0.39 is 5.69 Å². The number of unbranched alkanes of at least 4 members (excludes halogenated alkanes) is 10. The number of rotatable bonds is 22. The lowest BCUT2D eigenvalue weighted by molar-refractivity contribution is -0.870. The highest BCUT2D eigenvalue weighted by atomic mass is 32.9. The molecule has 0 rings (SSSR count). The van der Waals surface area contributed by atoms with E-state index in [0.717, 1.165) is 23.9 Å². The van der Waals surface area contributed by atoms with Crippen LogP contribution in [0.5, 0.6) is 0 Å². The zero-order valence-electron chi connectivity index (χ0n) is 21.2. The van der Waals surface area contributed by atoms with Gasteiger partial charge < -0.3 is 23.0 Å². The van der Waals surface area contributed by atoms with Crippen LogP contribution in [-0.4, -0.2) is 71.2 Å². The quantitative estimate of drug-likeness (QED) is 0.0616. The lowest BCUT2D eigenvalue weighted by atomic mass is 10.1. The predicted octanol–water partition coefficient (Wildman–Crippen LogP) is 6.14. The van der Waals surface area contributed by atoms with E-state index in [1.807, 2.05) is 0 Å². The number of carbonyl (C=O) groups excluding carboxylic acids is 1. The first-order valence-corrected chi connectivity index (χ1v) is 16.0. The highest BCUT2D eigenvalue weighted by molar-refractivity contribution is 8.60. The Labute approximate surface area is 208 Å². The SMILES string of the molecule is CCCCCCCCCCCCCC(=O)OC[C@H](COP(=S)(S)OCC[N+](C)(C)C)OC. The largest absolute Gasteiger partial charge is 0.463 e. The van der Waals surface area contributed by atoms with Gasteiger partial charge in [0.05, 0.1) is 27.7 Å². The van der Waals surface area contributed by atoms with E-state index in [1.54, 1.807) is 7.11 Å². The summed E-state index contributed by atoms with van der Waals surface area (Å²) in [7, 11) is 7.81. The Balaban J connectivity index is 3.77. The summed E-state index contributed by atoms with van der Waals surface area (Å²) in [6.07, 6.45) is 13.9. The van der Waals surface area contributed by atoms with Gasteiger partial charge in [0.25, 0.3) is 0 Å². The van der Waals surface area contributed by atoms with E-state index in [1.165, 1.54) is 57.8 Å². The molecule has 0 radical (unpaired) electrons. The topological polar surface area (TPSA) is 54.0 Å². The van der Waals surface area contributed by atoms with Crippen LogP contribution in [0.2, 0.25) is 0 Å². The Hall–Kier alpha value is 0.310. The van der Waals surface area contributed by atoms with Gasteiger partial charge in [-0.25, -0.2) is 0 Å². The van der Waals surface area contributed by atoms with Crippen LogP contribution >= 0.6 is 17.9 Å². The van der Waals surface area contributed by atoms with Crippen molar-refractivity contribution in [2.24, 2.45) is 0 Å². The Morgan fingerprint density at radius 1 is 0.906 bits per heavy atom. The molecular weight excluding hydrogens is 465 g/mol. The minimum absolute atomic E-state index is 0.148. The van der Waals surface area contributed by atoms with Crippen molar-refractivity contribution in [1.82, 2.24) is 0 Å². The number of thiol groups is 1. The molecule has 0 heterocycles. The van der Waals surface area contributed by atoms with Crippen LogP contribution in [0.4, 0.5) is 0 Å². The second-order valence-corrected chi connectivity index (χ2v) is 14.7. The number of hydrogen-bond donors (Lipinski definition) is 1. The molecular formula is C23H49NO5PS2+. The molecule has 0 aliphatic heterocycles. The summed E-state index contributed by atoms with van der Waals surface area (Å²) in [5, 5.41) is 0. The molecule has 0 aromatic heterocycles. The number of likely N-dealkylation sites (N-methyl/N-ethyl adjacent to an activating group) is 1. The first-order chi connectivity index (χ1) is 15.1. The lowest BCUT2D eigenvalue weighted by Crippen LogP contribution is -2.37. The molecule has 0 saturated heterocycles.